The summed E-state index contributed by atoms with van der Waals surface area (Å²) in [6, 6.07) is 4.28. The van der Waals surface area contributed by atoms with Crippen LogP contribution in [0.3, 0.4) is 0 Å². The molecule has 1 aliphatic rings. The first-order valence-electron chi connectivity index (χ1n) is 7.34. The number of benzene rings is 1. The normalized spacial score (nSPS) is 15.9. The Bertz CT molecular complexity index is 470. The molecule has 1 N–H and O–H groups in total. The summed E-state index contributed by atoms with van der Waals surface area (Å²) in [6.07, 6.45) is 6.30. The number of anilines is 1. The third kappa shape index (κ3) is 3.95. The maximum atomic E-state index is 13.0. The minimum absolute atomic E-state index is 0.120. The van der Waals surface area contributed by atoms with Gasteiger partial charge in [0.2, 0.25) is 0 Å². The van der Waals surface area contributed by atoms with Gasteiger partial charge in [-0.1, -0.05) is 19.3 Å². The summed E-state index contributed by atoms with van der Waals surface area (Å²) in [5.41, 5.74) is 1.41. The molecule has 20 heavy (non-hydrogen) atoms. The van der Waals surface area contributed by atoms with E-state index in [-0.39, 0.29) is 11.8 Å². The molecule has 1 fully saturated rings. The molecule has 0 radical (unpaired) electrons. The van der Waals surface area contributed by atoms with E-state index in [0.717, 1.165) is 12.1 Å². The Hall–Kier alpha value is -1.58. The van der Waals surface area contributed by atoms with Gasteiger partial charge in [-0.2, -0.15) is 0 Å². The largest absolute Gasteiger partial charge is 0.327 e. The maximum absolute atomic E-state index is 13.0. The lowest BCUT2D eigenvalue weighted by Gasteiger charge is -2.27. The van der Waals surface area contributed by atoms with Gasteiger partial charge in [0.15, 0.2) is 0 Å². The second kappa shape index (κ2) is 6.73. The fourth-order valence-electron chi connectivity index (χ4n) is 2.82. The van der Waals surface area contributed by atoms with Crippen molar-refractivity contribution >= 4 is 11.7 Å². The number of hydrogen-bond acceptors (Lipinski definition) is 1. The molecule has 110 valence electrons. The molecule has 0 bridgehead atoms. The molecule has 0 spiro atoms. The quantitative estimate of drug-likeness (QED) is 0.884. The van der Waals surface area contributed by atoms with Crippen LogP contribution in [-0.4, -0.2) is 24.5 Å². The Kier molecular flexibility index (Phi) is 4.99. The van der Waals surface area contributed by atoms with E-state index in [1.54, 1.807) is 17.9 Å². The van der Waals surface area contributed by atoms with Gasteiger partial charge in [0.05, 0.1) is 0 Å². The molecule has 0 aromatic heterocycles. The van der Waals surface area contributed by atoms with Gasteiger partial charge in [0, 0.05) is 19.3 Å². The molecule has 0 atom stereocenters. The van der Waals surface area contributed by atoms with Gasteiger partial charge >= 0.3 is 6.03 Å². The number of rotatable bonds is 3. The zero-order chi connectivity index (χ0) is 14.5. The second-order valence-electron chi connectivity index (χ2n) is 5.77. The number of urea groups is 1. The van der Waals surface area contributed by atoms with Crippen molar-refractivity contribution in [3.8, 4) is 0 Å². The molecule has 1 saturated carbocycles. The average molecular weight is 278 g/mol. The van der Waals surface area contributed by atoms with Crippen molar-refractivity contribution in [2.75, 3.05) is 18.9 Å². The highest BCUT2D eigenvalue weighted by atomic mass is 19.1. The lowest BCUT2D eigenvalue weighted by molar-refractivity contribution is 0.205. The summed E-state index contributed by atoms with van der Waals surface area (Å²) in [6.45, 7) is 2.59. The van der Waals surface area contributed by atoms with Gasteiger partial charge in [0.25, 0.3) is 0 Å². The Morgan fingerprint density at radius 2 is 2.05 bits per heavy atom. The molecule has 3 nitrogen and oxygen atoms in total. The summed E-state index contributed by atoms with van der Waals surface area (Å²) >= 11 is 0. The van der Waals surface area contributed by atoms with Gasteiger partial charge in [0.1, 0.15) is 5.82 Å². The number of carbonyl (C=O) groups is 1. The first kappa shape index (κ1) is 14.8. The summed E-state index contributed by atoms with van der Waals surface area (Å²) in [7, 11) is 1.82. The van der Waals surface area contributed by atoms with Crippen molar-refractivity contribution in [2.24, 2.45) is 5.92 Å². The molecule has 2 rings (SSSR count). The van der Waals surface area contributed by atoms with Crippen LogP contribution >= 0.6 is 0 Å². The first-order valence-corrected chi connectivity index (χ1v) is 7.34. The van der Waals surface area contributed by atoms with Crippen LogP contribution < -0.4 is 5.32 Å². The third-order valence-electron chi connectivity index (χ3n) is 4.03. The first-order chi connectivity index (χ1) is 9.56. The number of aryl methyl sites for hydroxylation is 1. The van der Waals surface area contributed by atoms with Crippen molar-refractivity contribution < 1.29 is 9.18 Å². The van der Waals surface area contributed by atoms with E-state index in [4.69, 9.17) is 0 Å². The Morgan fingerprint density at radius 1 is 1.35 bits per heavy atom. The zero-order valence-electron chi connectivity index (χ0n) is 12.3. The number of hydrogen-bond donors (Lipinski definition) is 1. The summed E-state index contributed by atoms with van der Waals surface area (Å²) in [5, 5.41) is 2.85. The number of carbonyl (C=O) groups excluding carboxylic acids is 1. The molecular formula is C16H23FN2O. The topological polar surface area (TPSA) is 32.3 Å². The fraction of sp³-hybridized carbons (Fsp3) is 0.562. The summed E-state index contributed by atoms with van der Waals surface area (Å²) in [5.74, 6) is 0.338. The molecule has 1 aromatic rings. The molecule has 0 heterocycles. The number of halogens is 1. The van der Waals surface area contributed by atoms with E-state index >= 15 is 0 Å². The van der Waals surface area contributed by atoms with Crippen LogP contribution in [0.2, 0.25) is 0 Å². The Morgan fingerprint density at radius 3 is 2.70 bits per heavy atom. The summed E-state index contributed by atoms with van der Waals surface area (Å²) in [4.78, 5) is 13.9. The molecule has 0 aliphatic heterocycles. The van der Waals surface area contributed by atoms with E-state index < -0.39 is 0 Å². The smallest absolute Gasteiger partial charge is 0.321 e. The minimum atomic E-state index is -0.281. The van der Waals surface area contributed by atoms with Crippen molar-refractivity contribution in [3.63, 3.8) is 0 Å². The van der Waals surface area contributed by atoms with E-state index in [2.05, 4.69) is 5.32 Å². The molecular weight excluding hydrogens is 255 g/mol. The molecule has 0 saturated heterocycles. The highest BCUT2D eigenvalue weighted by Crippen LogP contribution is 2.24. The van der Waals surface area contributed by atoms with Crippen LogP contribution in [0.15, 0.2) is 18.2 Å². The zero-order valence-corrected chi connectivity index (χ0v) is 12.3. The van der Waals surface area contributed by atoms with Gasteiger partial charge < -0.3 is 10.2 Å². The van der Waals surface area contributed by atoms with Gasteiger partial charge in [-0.05, 0) is 49.4 Å². The lowest BCUT2D eigenvalue weighted by Crippen LogP contribution is -2.36. The van der Waals surface area contributed by atoms with Crippen LogP contribution in [0.5, 0.6) is 0 Å². The van der Waals surface area contributed by atoms with E-state index in [1.807, 2.05) is 7.05 Å². The van der Waals surface area contributed by atoms with Gasteiger partial charge in [-0.25, -0.2) is 9.18 Å². The number of amides is 2. The van der Waals surface area contributed by atoms with Gasteiger partial charge in [-0.3, -0.25) is 0 Å². The van der Waals surface area contributed by atoms with Crippen LogP contribution in [0, 0.1) is 18.7 Å². The average Bonchev–Trinajstić information content (AvgIpc) is 2.43. The van der Waals surface area contributed by atoms with E-state index in [1.165, 1.54) is 44.2 Å². The summed E-state index contributed by atoms with van der Waals surface area (Å²) < 4.78 is 13.0. The van der Waals surface area contributed by atoms with Crippen molar-refractivity contribution in [1.29, 1.82) is 0 Å². The fourth-order valence-corrected chi connectivity index (χ4v) is 2.82. The van der Waals surface area contributed by atoms with E-state index in [9.17, 15) is 9.18 Å². The molecule has 0 unspecified atom stereocenters. The Balaban J connectivity index is 1.89. The minimum Gasteiger partial charge on any atom is -0.327 e. The van der Waals surface area contributed by atoms with Crippen LogP contribution in [0.4, 0.5) is 14.9 Å². The Labute approximate surface area is 120 Å². The molecule has 4 heteroatoms. The van der Waals surface area contributed by atoms with Crippen LogP contribution in [0.1, 0.15) is 37.7 Å². The second-order valence-corrected chi connectivity index (χ2v) is 5.77. The van der Waals surface area contributed by atoms with Crippen molar-refractivity contribution in [1.82, 2.24) is 4.90 Å². The predicted molar refractivity (Wildman–Crippen MR) is 79.4 cm³/mol. The van der Waals surface area contributed by atoms with Crippen LogP contribution in [-0.2, 0) is 0 Å². The highest BCUT2D eigenvalue weighted by Gasteiger charge is 2.18. The van der Waals surface area contributed by atoms with E-state index in [0.29, 0.717) is 11.6 Å². The van der Waals surface area contributed by atoms with Crippen molar-refractivity contribution in [3.05, 3.63) is 29.6 Å². The van der Waals surface area contributed by atoms with Crippen LogP contribution in [0.25, 0.3) is 0 Å². The molecule has 1 aromatic carbocycles. The number of nitrogens with zero attached hydrogens (tertiary/aromatic N) is 1. The SMILES string of the molecule is Cc1cc(F)ccc1NC(=O)N(C)CC1CCCCC1. The van der Waals surface area contributed by atoms with Crippen molar-refractivity contribution in [2.45, 2.75) is 39.0 Å². The third-order valence-corrected chi connectivity index (χ3v) is 4.03. The standard InChI is InChI=1S/C16H23FN2O/c1-12-10-14(17)8-9-15(12)18-16(20)19(2)11-13-6-4-3-5-7-13/h8-10,13H,3-7,11H2,1-2H3,(H,18,20). The maximum Gasteiger partial charge on any atom is 0.321 e. The molecule has 1 aliphatic carbocycles. The highest BCUT2D eigenvalue weighted by molar-refractivity contribution is 5.89. The number of nitrogens with one attached hydrogen (secondary N) is 1. The predicted octanol–water partition coefficient (Wildman–Crippen LogP) is 4.18. The monoisotopic (exact) mass is 278 g/mol. The lowest BCUT2D eigenvalue weighted by atomic mass is 9.89. The molecule has 2 amide bonds. The van der Waals surface area contributed by atoms with Gasteiger partial charge in [-0.15, -0.1) is 0 Å².